The molecule has 0 aromatic carbocycles. The van der Waals surface area contributed by atoms with Crippen molar-refractivity contribution in [3.8, 4) is 0 Å². The first-order valence-electron chi connectivity index (χ1n) is 7.60. The van der Waals surface area contributed by atoms with Gasteiger partial charge in [0.15, 0.2) is 0 Å². The van der Waals surface area contributed by atoms with E-state index >= 15 is 0 Å². The normalized spacial score (nSPS) is 20.7. The van der Waals surface area contributed by atoms with E-state index in [1.54, 1.807) is 28.5 Å². The molecule has 6 heteroatoms. The van der Waals surface area contributed by atoms with Crippen molar-refractivity contribution >= 4 is 23.2 Å². The Hall–Kier alpha value is -2.21. The highest BCUT2D eigenvalue weighted by atomic mass is 32.1. The molecule has 1 aliphatic rings. The van der Waals surface area contributed by atoms with Crippen molar-refractivity contribution < 1.29 is 14.7 Å². The lowest BCUT2D eigenvalue weighted by atomic mass is 9.93. The monoisotopic (exact) mass is 330 g/mol. The molecule has 0 saturated carbocycles. The Bertz CT molecular complexity index is 714. The van der Waals surface area contributed by atoms with E-state index in [-0.39, 0.29) is 18.4 Å². The minimum absolute atomic E-state index is 0.0920. The molecular weight excluding hydrogens is 312 g/mol. The second-order valence-corrected chi connectivity index (χ2v) is 6.67. The summed E-state index contributed by atoms with van der Waals surface area (Å²) in [4.78, 5) is 31.3. The number of nitrogens with zero attached hydrogens (tertiary/aromatic N) is 2. The first-order valence-corrected chi connectivity index (χ1v) is 8.48. The number of aliphatic carboxylic acids is 1. The first kappa shape index (κ1) is 15.7. The Labute approximate surface area is 138 Å². The zero-order valence-corrected chi connectivity index (χ0v) is 13.6. The van der Waals surface area contributed by atoms with E-state index < -0.39 is 11.9 Å². The molecule has 1 amide bonds. The van der Waals surface area contributed by atoms with Crippen LogP contribution in [0.2, 0.25) is 0 Å². The van der Waals surface area contributed by atoms with E-state index in [0.29, 0.717) is 12.1 Å². The third-order valence-electron chi connectivity index (χ3n) is 4.24. The van der Waals surface area contributed by atoms with E-state index in [4.69, 9.17) is 0 Å². The van der Waals surface area contributed by atoms with Crippen molar-refractivity contribution in [3.05, 3.63) is 52.0 Å². The van der Waals surface area contributed by atoms with Crippen molar-refractivity contribution in [2.45, 2.75) is 19.3 Å². The number of hydrogen-bond donors (Lipinski definition) is 1. The van der Waals surface area contributed by atoms with Crippen molar-refractivity contribution in [1.29, 1.82) is 0 Å². The summed E-state index contributed by atoms with van der Waals surface area (Å²) in [5.41, 5.74) is 1.38. The number of rotatable bonds is 4. The van der Waals surface area contributed by atoms with Crippen LogP contribution in [0.3, 0.4) is 0 Å². The van der Waals surface area contributed by atoms with Gasteiger partial charge in [-0.2, -0.15) is 0 Å². The maximum absolute atomic E-state index is 12.6. The van der Waals surface area contributed by atoms with Gasteiger partial charge in [-0.15, -0.1) is 11.3 Å². The van der Waals surface area contributed by atoms with Gasteiger partial charge < -0.3 is 10.0 Å². The molecule has 1 saturated heterocycles. The molecule has 5 nitrogen and oxygen atoms in total. The molecule has 1 N–H and O–H groups in total. The lowest BCUT2D eigenvalue weighted by Gasteiger charge is -2.15. The summed E-state index contributed by atoms with van der Waals surface area (Å²) in [6.45, 7) is 2.67. The van der Waals surface area contributed by atoms with Crippen molar-refractivity contribution in [1.82, 2.24) is 9.88 Å². The van der Waals surface area contributed by atoms with Crippen LogP contribution in [-0.4, -0.2) is 40.0 Å². The number of aryl methyl sites for hydroxylation is 1. The molecule has 1 aliphatic heterocycles. The van der Waals surface area contributed by atoms with E-state index in [9.17, 15) is 14.7 Å². The van der Waals surface area contributed by atoms with Gasteiger partial charge in [0.2, 0.25) is 0 Å². The summed E-state index contributed by atoms with van der Waals surface area (Å²) < 4.78 is 0. The van der Waals surface area contributed by atoms with Gasteiger partial charge >= 0.3 is 5.97 Å². The van der Waals surface area contributed by atoms with Crippen LogP contribution in [0.25, 0.3) is 0 Å². The highest BCUT2D eigenvalue weighted by Gasteiger charge is 2.41. The second-order valence-electron chi connectivity index (χ2n) is 5.67. The molecule has 0 spiro atoms. The summed E-state index contributed by atoms with van der Waals surface area (Å²) in [6.07, 6.45) is 2.55. The van der Waals surface area contributed by atoms with Crippen LogP contribution < -0.4 is 0 Å². The van der Waals surface area contributed by atoms with Crippen LogP contribution in [0.1, 0.15) is 33.8 Å². The van der Waals surface area contributed by atoms with E-state index in [2.05, 4.69) is 4.98 Å². The highest BCUT2D eigenvalue weighted by Crippen LogP contribution is 2.33. The van der Waals surface area contributed by atoms with Crippen LogP contribution in [0.5, 0.6) is 0 Å². The Morgan fingerprint density at radius 2 is 2.22 bits per heavy atom. The quantitative estimate of drug-likeness (QED) is 0.935. The largest absolute Gasteiger partial charge is 0.481 e. The molecule has 0 aliphatic carbocycles. The molecule has 3 heterocycles. The van der Waals surface area contributed by atoms with E-state index in [1.165, 1.54) is 0 Å². The van der Waals surface area contributed by atoms with Gasteiger partial charge in [0.1, 0.15) is 0 Å². The van der Waals surface area contributed by atoms with Crippen molar-refractivity contribution in [3.63, 3.8) is 0 Å². The van der Waals surface area contributed by atoms with Gasteiger partial charge in [0, 0.05) is 41.2 Å². The van der Waals surface area contributed by atoms with Gasteiger partial charge in [0.05, 0.1) is 11.5 Å². The smallest absolute Gasteiger partial charge is 0.309 e. The fourth-order valence-corrected chi connectivity index (χ4v) is 3.78. The standard InChI is InChI=1S/C17H18N2O3S/c1-2-12-7-11(10-23-12)16(20)19-8-13(14(9-19)17(21)22)15-5-3-4-6-18-15/h3-7,10,13-14H,2,8-9H2,1H3,(H,21,22). The van der Waals surface area contributed by atoms with Crippen LogP contribution in [0.15, 0.2) is 35.8 Å². The lowest BCUT2D eigenvalue weighted by molar-refractivity contribution is -0.141. The van der Waals surface area contributed by atoms with Crippen LogP contribution in [0.4, 0.5) is 0 Å². The number of pyridine rings is 1. The fraction of sp³-hybridized carbons (Fsp3) is 0.353. The maximum atomic E-state index is 12.6. The number of thiophene rings is 1. The Morgan fingerprint density at radius 1 is 1.39 bits per heavy atom. The van der Waals surface area contributed by atoms with Gasteiger partial charge in [-0.1, -0.05) is 13.0 Å². The summed E-state index contributed by atoms with van der Waals surface area (Å²) in [5, 5.41) is 11.3. The predicted octanol–water partition coefficient (Wildman–Crippen LogP) is 2.65. The summed E-state index contributed by atoms with van der Waals surface area (Å²) in [5.74, 6) is -1.85. The number of carbonyl (C=O) groups is 2. The molecule has 3 rings (SSSR count). The van der Waals surface area contributed by atoms with E-state index in [1.807, 2.05) is 30.5 Å². The number of amides is 1. The molecular formula is C17H18N2O3S. The molecule has 2 aromatic heterocycles. The third-order valence-corrected chi connectivity index (χ3v) is 5.32. The first-order chi connectivity index (χ1) is 11.1. The van der Waals surface area contributed by atoms with Gasteiger partial charge in [-0.3, -0.25) is 14.6 Å². The van der Waals surface area contributed by atoms with Crippen molar-refractivity contribution in [2.24, 2.45) is 5.92 Å². The fourth-order valence-electron chi connectivity index (χ4n) is 2.98. The zero-order chi connectivity index (χ0) is 16.4. The molecule has 0 radical (unpaired) electrons. The summed E-state index contributed by atoms with van der Waals surface area (Å²) in [6, 6.07) is 7.37. The van der Waals surface area contributed by atoms with Crippen LogP contribution in [-0.2, 0) is 11.2 Å². The van der Waals surface area contributed by atoms with Gasteiger partial charge in [0.25, 0.3) is 5.91 Å². The number of carbonyl (C=O) groups excluding carboxylic acids is 1. The Morgan fingerprint density at radius 3 is 2.83 bits per heavy atom. The second kappa shape index (κ2) is 6.50. The van der Waals surface area contributed by atoms with E-state index in [0.717, 1.165) is 17.0 Å². The van der Waals surface area contributed by atoms with Gasteiger partial charge in [-0.25, -0.2) is 0 Å². The Balaban J connectivity index is 1.82. The minimum Gasteiger partial charge on any atom is -0.481 e. The third kappa shape index (κ3) is 3.12. The molecule has 120 valence electrons. The maximum Gasteiger partial charge on any atom is 0.309 e. The molecule has 0 bridgehead atoms. The number of carboxylic acids is 1. The molecule has 2 atom stereocenters. The minimum atomic E-state index is -0.879. The average molecular weight is 330 g/mol. The summed E-state index contributed by atoms with van der Waals surface area (Å²) in [7, 11) is 0. The molecule has 2 aromatic rings. The molecule has 23 heavy (non-hydrogen) atoms. The SMILES string of the molecule is CCc1cc(C(=O)N2CC(C(=O)O)C(c3ccccn3)C2)cs1. The number of likely N-dealkylation sites (tertiary alicyclic amines) is 1. The van der Waals surface area contributed by atoms with Crippen LogP contribution >= 0.6 is 11.3 Å². The number of aromatic nitrogens is 1. The van der Waals surface area contributed by atoms with Crippen molar-refractivity contribution in [2.75, 3.05) is 13.1 Å². The highest BCUT2D eigenvalue weighted by molar-refractivity contribution is 7.10. The summed E-state index contributed by atoms with van der Waals surface area (Å²) >= 11 is 1.56. The molecule has 2 unspecified atom stereocenters. The van der Waals surface area contributed by atoms with Crippen LogP contribution in [0, 0.1) is 5.92 Å². The molecule has 1 fully saturated rings. The predicted molar refractivity (Wildman–Crippen MR) is 87.7 cm³/mol. The average Bonchev–Trinajstić information content (AvgIpc) is 3.22. The number of hydrogen-bond acceptors (Lipinski definition) is 4. The number of carboxylic acid groups (broad SMARTS) is 1. The lowest BCUT2D eigenvalue weighted by Crippen LogP contribution is -2.29. The topological polar surface area (TPSA) is 70.5 Å². The van der Waals surface area contributed by atoms with Gasteiger partial charge in [-0.05, 0) is 24.6 Å². The Kier molecular flexibility index (Phi) is 4.43. The zero-order valence-electron chi connectivity index (χ0n) is 12.8.